The Labute approximate surface area is 122 Å². The molecule has 0 spiro atoms. The Kier molecular flexibility index (Phi) is 4.56. The summed E-state index contributed by atoms with van der Waals surface area (Å²) in [5.41, 5.74) is 5.62. The summed E-state index contributed by atoms with van der Waals surface area (Å²) < 4.78 is 0. The molecule has 0 aliphatic carbocycles. The van der Waals surface area contributed by atoms with Gasteiger partial charge in [-0.05, 0) is 60.5 Å². The highest BCUT2D eigenvalue weighted by Crippen LogP contribution is 2.14. The number of carboxylic acid groups (broad SMARTS) is 1. The van der Waals surface area contributed by atoms with Crippen LogP contribution >= 0.6 is 0 Å². The molecule has 0 saturated carbocycles. The first-order valence-corrected chi connectivity index (χ1v) is 6.55. The van der Waals surface area contributed by atoms with Crippen molar-refractivity contribution in [3.8, 4) is 5.75 Å². The van der Waals surface area contributed by atoms with Gasteiger partial charge in [0.1, 0.15) is 5.75 Å². The van der Waals surface area contributed by atoms with Crippen LogP contribution in [-0.2, 0) is 0 Å². The number of carboxylic acids is 1. The van der Waals surface area contributed by atoms with Gasteiger partial charge in [0.15, 0.2) is 0 Å². The van der Waals surface area contributed by atoms with E-state index >= 15 is 0 Å². The highest BCUT2D eigenvalue weighted by Gasteiger charge is 2.03. The topological polar surface area (TPSA) is 81.9 Å². The maximum Gasteiger partial charge on any atom is 0.335 e. The number of rotatable bonds is 5. The van der Waals surface area contributed by atoms with E-state index in [1.165, 1.54) is 12.1 Å². The zero-order valence-corrected chi connectivity index (χ0v) is 11.6. The first kappa shape index (κ1) is 14.6. The van der Waals surface area contributed by atoms with Crippen LogP contribution in [-0.4, -0.2) is 21.9 Å². The van der Waals surface area contributed by atoms with Crippen molar-refractivity contribution < 1.29 is 15.0 Å². The molecule has 0 fully saturated rings. The van der Waals surface area contributed by atoms with Gasteiger partial charge < -0.3 is 10.2 Å². The minimum absolute atomic E-state index is 0.214. The van der Waals surface area contributed by atoms with Gasteiger partial charge >= 0.3 is 5.97 Å². The molecule has 0 aromatic heterocycles. The summed E-state index contributed by atoms with van der Waals surface area (Å²) in [5, 5.41) is 22.4. The van der Waals surface area contributed by atoms with E-state index in [1.54, 1.807) is 36.4 Å². The zero-order valence-electron chi connectivity index (χ0n) is 11.6. The number of aromatic hydroxyl groups is 1. The third-order valence-electron chi connectivity index (χ3n) is 2.99. The van der Waals surface area contributed by atoms with E-state index in [9.17, 15) is 9.90 Å². The van der Waals surface area contributed by atoms with Crippen LogP contribution in [0, 0.1) is 0 Å². The molecule has 2 aromatic carbocycles. The van der Waals surface area contributed by atoms with Crippen LogP contribution in [0.4, 0.5) is 5.69 Å². The van der Waals surface area contributed by atoms with E-state index in [2.05, 4.69) is 10.5 Å². The van der Waals surface area contributed by atoms with Gasteiger partial charge in [-0.3, -0.25) is 5.43 Å². The van der Waals surface area contributed by atoms with Crippen LogP contribution < -0.4 is 5.43 Å². The number of hydrogen-bond donors (Lipinski definition) is 3. The van der Waals surface area contributed by atoms with Crippen molar-refractivity contribution in [3.05, 3.63) is 59.7 Å². The monoisotopic (exact) mass is 284 g/mol. The summed E-state index contributed by atoms with van der Waals surface area (Å²) in [4.78, 5) is 10.8. The van der Waals surface area contributed by atoms with E-state index in [1.807, 2.05) is 6.92 Å². The molecule has 0 saturated heterocycles. The molecule has 3 N–H and O–H groups in total. The zero-order chi connectivity index (χ0) is 15.2. The molecule has 0 aliphatic heterocycles. The van der Waals surface area contributed by atoms with Crippen LogP contribution in [0.25, 0.3) is 0 Å². The highest BCUT2D eigenvalue weighted by atomic mass is 16.4. The first-order valence-electron chi connectivity index (χ1n) is 6.55. The minimum atomic E-state index is -0.955. The fourth-order valence-corrected chi connectivity index (χ4v) is 1.82. The van der Waals surface area contributed by atoms with Crippen LogP contribution in [0.15, 0.2) is 53.6 Å². The van der Waals surface area contributed by atoms with Gasteiger partial charge in [0.2, 0.25) is 0 Å². The van der Waals surface area contributed by atoms with Gasteiger partial charge in [-0.15, -0.1) is 0 Å². The number of anilines is 1. The summed E-state index contributed by atoms with van der Waals surface area (Å²) in [6.45, 7) is 1.99. The molecule has 0 radical (unpaired) electrons. The van der Waals surface area contributed by atoms with E-state index in [4.69, 9.17) is 5.11 Å². The van der Waals surface area contributed by atoms with Gasteiger partial charge in [-0.2, -0.15) is 5.10 Å². The summed E-state index contributed by atoms with van der Waals surface area (Å²) in [6, 6.07) is 13.2. The lowest BCUT2D eigenvalue weighted by atomic mass is 10.1. The summed E-state index contributed by atoms with van der Waals surface area (Å²) in [5.74, 6) is -0.741. The van der Waals surface area contributed by atoms with Gasteiger partial charge in [-0.1, -0.05) is 6.92 Å². The maximum atomic E-state index is 10.8. The molecule has 5 heteroatoms. The first-order chi connectivity index (χ1) is 10.1. The smallest absolute Gasteiger partial charge is 0.335 e. The van der Waals surface area contributed by atoms with Crippen molar-refractivity contribution in [1.82, 2.24) is 0 Å². The molecule has 0 unspecified atom stereocenters. The third-order valence-corrected chi connectivity index (χ3v) is 2.99. The largest absolute Gasteiger partial charge is 0.508 e. The molecule has 5 nitrogen and oxygen atoms in total. The third kappa shape index (κ3) is 3.82. The van der Waals surface area contributed by atoms with E-state index < -0.39 is 5.97 Å². The lowest BCUT2D eigenvalue weighted by molar-refractivity contribution is 0.0697. The molecule has 21 heavy (non-hydrogen) atoms. The summed E-state index contributed by atoms with van der Waals surface area (Å²) in [7, 11) is 0. The van der Waals surface area contributed by atoms with Crippen molar-refractivity contribution in [2.75, 3.05) is 5.43 Å². The molecule has 2 aromatic rings. The van der Waals surface area contributed by atoms with Crippen molar-refractivity contribution in [3.63, 3.8) is 0 Å². The average molecular weight is 284 g/mol. The fraction of sp³-hybridized carbons (Fsp3) is 0.125. The van der Waals surface area contributed by atoms with Gasteiger partial charge in [0.05, 0.1) is 17.0 Å². The average Bonchev–Trinajstić information content (AvgIpc) is 2.50. The number of aromatic carboxylic acids is 1. The van der Waals surface area contributed by atoms with Crippen molar-refractivity contribution in [1.29, 1.82) is 0 Å². The minimum Gasteiger partial charge on any atom is -0.508 e. The van der Waals surface area contributed by atoms with Crippen LogP contribution in [0.2, 0.25) is 0 Å². The Morgan fingerprint density at radius 2 is 1.62 bits per heavy atom. The lowest BCUT2D eigenvalue weighted by Gasteiger charge is -2.06. The van der Waals surface area contributed by atoms with Crippen LogP contribution in [0.3, 0.4) is 0 Å². The number of hydrazone groups is 1. The Bertz CT molecular complexity index is 646. The number of nitrogens with one attached hydrogen (secondary N) is 1. The Morgan fingerprint density at radius 1 is 1.05 bits per heavy atom. The predicted octanol–water partition coefficient (Wildman–Crippen LogP) is 3.32. The quantitative estimate of drug-likeness (QED) is 0.581. The Morgan fingerprint density at radius 3 is 2.14 bits per heavy atom. The second-order valence-electron chi connectivity index (χ2n) is 4.45. The van der Waals surface area contributed by atoms with Crippen LogP contribution in [0.1, 0.15) is 29.3 Å². The molecule has 0 bridgehead atoms. The standard InChI is InChI=1S/C16H16N2O3/c1-2-15(11-5-9-14(19)10-6-11)18-17-13-7-3-12(4-8-13)16(20)21/h3-10,17,19H,2H2,1H3,(H,20,21)/b18-15+. The number of nitrogens with zero attached hydrogens (tertiary/aromatic N) is 1. The van der Waals surface area contributed by atoms with Crippen LogP contribution in [0.5, 0.6) is 5.75 Å². The Balaban J connectivity index is 2.13. The van der Waals surface area contributed by atoms with Crippen molar-refractivity contribution in [2.45, 2.75) is 13.3 Å². The second kappa shape index (κ2) is 6.56. The number of benzene rings is 2. The van der Waals surface area contributed by atoms with E-state index in [-0.39, 0.29) is 11.3 Å². The molecule has 0 amide bonds. The molecular formula is C16H16N2O3. The van der Waals surface area contributed by atoms with Gasteiger partial charge in [0, 0.05) is 0 Å². The number of phenolic OH excluding ortho intramolecular Hbond substituents is 1. The molecule has 2 rings (SSSR count). The normalized spacial score (nSPS) is 11.2. The van der Waals surface area contributed by atoms with Crippen molar-refractivity contribution >= 4 is 17.4 Å². The summed E-state index contributed by atoms with van der Waals surface area (Å²) >= 11 is 0. The van der Waals surface area contributed by atoms with Gasteiger partial charge in [0.25, 0.3) is 0 Å². The number of carbonyl (C=O) groups is 1. The molecular weight excluding hydrogens is 268 g/mol. The number of phenols is 1. The highest BCUT2D eigenvalue weighted by molar-refractivity contribution is 6.00. The SMILES string of the molecule is CC/C(=N\Nc1ccc(C(=O)O)cc1)c1ccc(O)cc1. The van der Waals surface area contributed by atoms with Gasteiger partial charge in [-0.25, -0.2) is 4.79 Å². The van der Waals surface area contributed by atoms with Crippen molar-refractivity contribution in [2.24, 2.45) is 5.10 Å². The fourth-order valence-electron chi connectivity index (χ4n) is 1.82. The summed E-state index contributed by atoms with van der Waals surface area (Å²) in [6.07, 6.45) is 0.727. The molecule has 0 heterocycles. The van der Waals surface area contributed by atoms with E-state index in [0.29, 0.717) is 5.69 Å². The maximum absolute atomic E-state index is 10.8. The Hall–Kier alpha value is -2.82. The van der Waals surface area contributed by atoms with E-state index in [0.717, 1.165) is 17.7 Å². The predicted molar refractivity (Wildman–Crippen MR) is 82.0 cm³/mol. The number of hydrogen-bond acceptors (Lipinski definition) is 4. The molecule has 0 atom stereocenters. The molecule has 108 valence electrons. The second-order valence-corrected chi connectivity index (χ2v) is 4.45. The lowest BCUT2D eigenvalue weighted by Crippen LogP contribution is -2.03. The molecule has 0 aliphatic rings.